The van der Waals surface area contributed by atoms with E-state index in [1.165, 1.54) is 12.0 Å². The van der Waals surface area contributed by atoms with Gasteiger partial charge in [-0.2, -0.15) is 0 Å². The molecule has 17 heavy (non-hydrogen) atoms. The SMILES string of the molecule is COc1ccc([C@H]2NCCC[C@H]2N)cc1.Cl.Cl. The molecule has 3 nitrogen and oxygen atoms in total. The van der Waals surface area contributed by atoms with Gasteiger partial charge in [0.25, 0.3) is 0 Å². The normalized spacial score (nSPS) is 23.2. The second kappa shape index (κ2) is 7.77. The number of piperidine rings is 1. The maximum atomic E-state index is 6.09. The first kappa shape index (κ1) is 16.5. The van der Waals surface area contributed by atoms with Crippen LogP contribution < -0.4 is 15.8 Å². The summed E-state index contributed by atoms with van der Waals surface area (Å²) in [6.07, 6.45) is 2.28. The van der Waals surface area contributed by atoms with Gasteiger partial charge in [-0.15, -0.1) is 24.8 Å². The molecule has 0 spiro atoms. The van der Waals surface area contributed by atoms with Gasteiger partial charge in [0.1, 0.15) is 5.75 Å². The highest BCUT2D eigenvalue weighted by Gasteiger charge is 2.22. The molecule has 2 atom stereocenters. The summed E-state index contributed by atoms with van der Waals surface area (Å²) in [6, 6.07) is 8.66. The van der Waals surface area contributed by atoms with Gasteiger partial charge in [-0.05, 0) is 37.1 Å². The third-order valence-corrected chi connectivity index (χ3v) is 2.98. The predicted octanol–water partition coefficient (Wildman–Crippen LogP) is 2.29. The van der Waals surface area contributed by atoms with Gasteiger partial charge in [0.05, 0.1) is 7.11 Å². The minimum absolute atomic E-state index is 0. The molecule has 0 saturated carbocycles. The quantitative estimate of drug-likeness (QED) is 0.873. The molecule has 0 unspecified atom stereocenters. The molecule has 1 aliphatic heterocycles. The number of methoxy groups -OCH3 is 1. The van der Waals surface area contributed by atoms with Gasteiger partial charge < -0.3 is 15.8 Å². The van der Waals surface area contributed by atoms with E-state index in [1.807, 2.05) is 12.1 Å². The number of benzene rings is 1. The van der Waals surface area contributed by atoms with Gasteiger partial charge >= 0.3 is 0 Å². The maximum absolute atomic E-state index is 6.09. The predicted molar refractivity (Wildman–Crippen MR) is 75.4 cm³/mol. The number of hydrogen-bond donors (Lipinski definition) is 2. The van der Waals surface area contributed by atoms with Crippen molar-refractivity contribution in [1.29, 1.82) is 0 Å². The van der Waals surface area contributed by atoms with E-state index in [-0.39, 0.29) is 30.9 Å². The van der Waals surface area contributed by atoms with E-state index >= 15 is 0 Å². The van der Waals surface area contributed by atoms with Crippen LogP contribution in [0.2, 0.25) is 0 Å². The Kier molecular flexibility index (Phi) is 7.55. The average molecular weight is 279 g/mol. The Morgan fingerprint density at radius 1 is 1.24 bits per heavy atom. The summed E-state index contributed by atoms with van der Waals surface area (Å²) in [6.45, 7) is 1.06. The van der Waals surface area contributed by atoms with Crippen LogP contribution in [0.4, 0.5) is 0 Å². The summed E-state index contributed by atoms with van der Waals surface area (Å²) in [7, 11) is 1.68. The van der Waals surface area contributed by atoms with Crippen molar-refractivity contribution in [2.24, 2.45) is 5.73 Å². The topological polar surface area (TPSA) is 47.3 Å². The molecular weight excluding hydrogens is 259 g/mol. The zero-order chi connectivity index (χ0) is 10.7. The van der Waals surface area contributed by atoms with E-state index in [4.69, 9.17) is 10.5 Å². The van der Waals surface area contributed by atoms with Crippen LogP contribution in [0.25, 0.3) is 0 Å². The van der Waals surface area contributed by atoms with Gasteiger partial charge in [-0.3, -0.25) is 0 Å². The van der Waals surface area contributed by atoms with E-state index in [2.05, 4.69) is 17.4 Å². The Morgan fingerprint density at radius 2 is 1.88 bits per heavy atom. The van der Waals surface area contributed by atoms with Gasteiger partial charge in [-0.25, -0.2) is 0 Å². The van der Waals surface area contributed by atoms with E-state index < -0.39 is 0 Å². The number of nitrogens with two attached hydrogens (primary N) is 1. The standard InChI is InChI=1S/C12H18N2O.2ClH/c1-15-10-6-4-9(5-7-10)12-11(13)3-2-8-14-12;;/h4-7,11-12,14H,2-3,8,13H2,1H3;2*1H/t11-,12-;;/m1../s1. The van der Waals surface area contributed by atoms with Gasteiger partial charge in [0, 0.05) is 12.1 Å². The molecule has 5 heteroatoms. The van der Waals surface area contributed by atoms with Crippen molar-refractivity contribution in [3.8, 4) is 5.75 Å². The van der Waals surface area contributed by atoms with Gasteiger partial charge in [-0.1, -0.05) is 12.1 Å². The lowest BCUT2D eigenvalue weighted by Gasteiger charge is -2.30. The lowest BCUT2D eigenvalue weighted by molar-refractivity contribution is 0.357. The van der Waals surface area contributed by atoms with Crippen molar-refractivity contribution in [2.45, 2.75) is 24.9 Å². The number of rotatable bonds is 2. The largest absolute Gasteiger partial charge is 0.497 e. The number of halogens is 2. The minimum atomic E-state index is 0. The first-order valence-electron chi connectivity index (χ1n) is 5.44. The molecule has 3 N–H and O–H groups in total. The van der Waals surface area contributed by atoms with Crippen molar-refractivity contribution < 1.29 is 4.74 Å². The molecule has 0 aliphatic carbocycles. The Bertz CT molecular complexity index is 319. The van der Waals surface area contributed by atoms with Crippen LogP contribution in [0.5, 0.6) is 5.75 Å². The highest BCUT2D eigenvalue weighted by Crippen LogP contribution is 2.23. The summed E-state index contributed by atoms with van der Waals surface area (Å²) >= 11 is 0. The Morgan fingerprint density at radius 3 is 2.41 bits per heavy atom. The zero-order valence-electron chi connectivity index (χ0n) is 9.89. The van der Waals surface area contributed by atoms with Crippen LogP contribution in [-0.2, 0) is 0 Å². The van der Waals surface area contributed by atoms with E-state index in [1.54, 1.807) is 7.11 Å². The van der Waals surface area contributed by atoms with Crippen molar-refractivity contribution in [3.63, 3.8) is 0 Å². The second-order valence-electron chi connectivity index (χ2n) is 4.01. The van der Waals surface area contributed by atoms with E-state index in [0.717, 1.165) is 18.7 Å². The fraction of sp³-hybridized carbons (Fsp3) is 0.500. The summed E-state index contributed by atoms with van der Waals surface area (Å²) in [5.41, 5.74) is 7.34. The third kappa shape index (κ3) is 4.03. The fourth-order valence-corrected chi connectivity index (χ4v) is 2.09. The third-order valence-electron chi connectivity index (χ3n) is 2.98. The molecule has 1 heterocycles. The van der Waals surface area contributed by atoms with Crippen molar-refractivity contribution >= 4 is 24.8 Å². The van der Waals surface area contributed by atoms with Crippen molar-refractivity contribution in [3.05, 3.63) is 29.8 Å². The number of nitrogens with one attached hydrogen (secondary N) is 1. The second-order valence-corrected chi connectivity index (χ2v) is 4.01. The minimum Gasteiger partial charge on any atom is -0.497 e. The fourth-order valence-electron chi connectivity index (χ4n) is 2.09. The number of ether oxygens (including phenoxy) is 1. The Hall–Kier alpha value is -0.480. The van der Waals surface area contributed by atoms with Crippen molar-refractivity contribution in [2.75, 3.05) is 13.7 Å². The van der Waals surface area contributed by atoms with Crippen LogP contribution >= 0.6 is 24.8 Å². The van der Waals surface area contributed by atoms with E-state index in [9.17, 15) is 0 Å². The summed E-state index contributed by atoms with van der Waals surface area (Å²) < 4.78 is 5.13. The molecular formula is C12H20Cl2N2O. The van der Waals surface area contributed by atoms with Crippen LogP contribution in [-0.4, -0.2) is 19.7 Å². The molecule has 1 aliphatic rings. The Labute approximate surface area is 115 Å². The molecule has 1 fully saturated rings. The van der Waals surface area contributed by atoms with Crippen molar-refractivity contribution in [1.82, 2.24) is 5.32 Å². The van der Waals surface area contributed by atoms with Gasteiger partial charge in [0.15, 0.2) is 0 Å². The summed E-state index contributed by atoms with van der Waals surface area (Å²) in [5, 5.41) is 3.46. The monoisotopic (exact) mass is 278 g/mol. The Balaban J connectivity index is 0.00000128. The van der Waals surface area contributed by atoms with Crippen LogP contribution in [0.3, 0.4) is 0 Å². The molecule has 1 aromatic rings. The molecule has 0 bridgehead atoms. The first-order chi connectivity index (χ1) is 7.31. The summed E-state index contributed by atoms with van der Waals surface area (Å²) in [4.78, 5) is 0. The molecule has 2 rings (SSSR count). The molecule has 1 aromatic carbocycles. The highest BCUT2D eigenvalue weighted by molar-refractivity contribution is 5.85. The lowest BCUT2D eigenvalue weighted by atomic mass is 9.93. The maximum Gasteiger partial charge on any atom is 0.118 e. The van der Waals surface area contributed by atoms with E-state index in [0.29, 0.717) is 6.04 Å². The molecule has 0 amide bonds. The highest BCUT2D eigenvalue weighted by atomic mass is 35.5. The molecule has 0 radical (unpaired) electrons. The molecule has 98 valence electrons. The van der Waals surface area contributed by atoms with Crippen LogP contribution in [0.1, 0.15) is 24.4 Å². The average Bonchev–Trinajstić information content (AvgIpc) is 2.30. The molecule has 1 saturated heterocycles. The molecule has 0 aromatic heterocycles. The summed E-state index contributed by atoms with van der Waals surface area (Å²) in [5.74, 6) is 0.892. The zero-order valence-corrected chi connectivity index (χ0v) is 11.5. The van der Waals surface area contributed by atoms with Gasteiger partial charge in [0.2, 0.25) is 0 Å². The first-order valence-corrected chi connectivity index (χ1v) is 5.44. The smallest absolute Gasteiger partial charge is 0.118 e. The lowest BCUT2D eigenvalue weighted by Crippen LogP contribution is -2.42. The van der Waals surface area contributed by atoms with Crippen LogP contribution in [0, 0.1) is 0 Å². The number of hydrogen-bond acceptors (Lipinski definition) is 3. The van der Waals surface area contributed by atoms with Crippen LogP contribution in [0.15, 0.2) is 24.3 Å².